The molecular weight excluding hydrogens is 248 g/mol. The minimum Gasteiger partial charge on any atom is -0.381 e. The highest BCUT2D eigenvalue weighted by atomic mass is 32.1. The first-order valence-corrected chi connectivity index (χ1v) is 6.83. The van der Waals surface area contributed by atoms with Crippen molar-refractivity contribution in [1.82, 2.24) is 4.90 Å². The lowest BCUT2D eigenvalue weighted by Gasteiger charge is -2.32. The van der Waals surface area contributed by atoms with Gasteiger partial charge >= 0.3 is 0 Å². The maximum Gasteiger partial charge on any atom is 0.243 e. The summed E-state index contributed by atoms with van der Waals surface area (Å²) < 4.78 is 5.24. The number of hydrogen-bond acceptors (Lipinski definition) is 4. The molecule has 5 heteroatoms. The summed E-state index contributed by atoms with van der Waals surface area (Å²) in [5.74, 6) is -0.0818. The number of nitriles is 1. The van der Waals surface area contributed by atoms with Crippen LogP contribution in [-0.2, 0) is 16.1 Å². The van der Waals surface area contributed by atoms with Gasteiger partial charge in [-0.15, -0.1) is 11.3 Å². The standard InChI is InChI=1S/C13H16N2O2S/c1-15(9-11-3-2-8-18-11)12(16)13(10-14)4-6-17-7-5-13/h2-3,8H,4-7,9H2,1H3. The van der Waals surface area contributed by atoms with Gasteiger partial charge in [0.25, 0.3) is 0 Å². The minimum atomic E-state index is -0.885. The fourth-order valence-electron chi connectivity index (χ4n) is 2.17. The quantitative estimate of drug-likeness (QED) is 0.839. The van der Waals surface area contributed by atoms with Crippen molar-refractivity contribution in [3.8, 4) is 6.07 Å². The Hall–Kier alpha value is -1.38. The van der Waals surface area contributed by atoms with E-state index < -0.39 is 5.41 Å². The average molecular weight is 264 g/mol. The van der Waals surface area contributed by atoms with Crippen molar-refractivity contribution < 1.29 is 9.53 Å². The number of carbonyl (C=O) groups is 1. The zero-order valence-corrected chi connectivity index (χ0v) is 11.2. The predicted octanol–water partition coefficient (Wildman–Crippen LogP) is 2.03. The first kappa shape index (κ1) is 13.1. The van der Waals surface area contributed by atoms with E-state index in [1.807, 2.05) is 17.5 Å². The van der Waals surface area contributed by atoms with Gasteiger partial charge in [0, 0.05) is 25.1 Å². The van der Waals surface area contributed by atoms with Crippen molar-refractivity contribution in [2.75, 3.05) is 20.3 Å². The second kappa shape index (κ2) is 5.51. The van der Waals surface area contributed by atoms with Gasteiger partial charge in [0.15, 0.2) is 0 Å². The van der Waals surface area contributed by atoms with Crippen molar-refractivity contribution in [1.29, 1.82) is 5.26 Å². The third-order valence-corrected chi connectivity index (χ3v) is 4.15. The van der Waals surface area contributed by atoms with Crippen LogP contribution in [0.2, 0.25) is 0 Å². The Morgan fingerprint density at radius 2 is 2.33 bits per heavy atom. The Kier molecular flexibility index (Phi) is 4.00. The molecule has 96 valence electrons. The normalized spacial score (nSPS) is 18.0. The summed E-state index contributed by atoms with van der Waals surface area (Å²) in [4.78, 5) is 15.2. The smallest absolute Gasteiger partial charge is 0.243 e. The lowest BCUT2D eigenvalue weighted by molar-refractivity contribution is -0.142. The van der Waals surface area contributed by atoms with Gasteiger partial charge < -0.3 is 9.64 Å². The summed E-state index contributed by atoms with van der Waals surface area (Å²) >= 11 is 1.62. The molecule has 0 saturated carbocycles. The molecule has 0 unspecified atom stereocenters. The molecule has 0 radical (unpaired) electrons. The van der Waals surface area contributed by atoms with E-state index in [0.717, 1.165) is 4.88 Å². The van der Waals surface area contributed by atoms with Crippen LogP contribution < -0.4 is 0 Å². The molecule has 1 saturated heterocycles. The van der Waals surface area contributed by atoms with Gasteiger partial charge in [-0.05, 0) is 24.3 Å². The minimum absolute atomic E-state index is 0.0818. The third-order valence-electron chi connectivity index (χ3n) is 3.29. The summed E-state index contributed by atoms with van der Waals surface area (Å²) in [6, 6.07) is 6.17. The van der Waals surface area contributed by atoms with E-state index >= 15 is 0 Å². The van der Waals surface area contributed by atoms with Crippen LogP contribution in [0.1, 0.15) is 17.7 Å². The molecule has 1 aromatic rings. The Balaban J connectivity index is 2.07. The van der Waals surface area contributed by atoms with Gasteiger partial charge in [-0.3, -0.25) is 4.79 Å². The molecule has 18 heavy (non-hydrogen) atoms. The van der Waals surface area contributed by atoms with Gasteiger partial charge in [0.2, 0.25) is 5.91 Å². The largest absolute Gasteiger partial charge is 0.381 e. The molecule has 1 aliphatic rings. The Morgan fingerprint density at radius 1 is 1.61 bits per heavy atom. The molecule has 0 spiro atoms. The maximum absolute atomic E-state index is 12.4. The molecular formula is C13H16N2O2S. The number of ether oxygens (including phenoxy) is 1. The number of nitrogens with zero attached hydrogens (tertiary/aromatic N) is 2. The van der Waals surface area contributed by atoms with Crippen LogP contribution in [0.4, 0.5) is 0 Å². The van der Waals surface area contributed by atoms with Gasteiger partial charge in [0.1, 0.15) is 5.41 Å². The molecule has 2 rings (SSSR count). The van der Waals surface area contributed by atoms with E-state index in [2.05, 4.69) is 6.07 Å². The first-order chi connectivity index (χ1) is 8.68. The molecule has 0 N–H and O–H groups in total. The molecule has 1 amide bonds. The summed E-state index contributed by atoms with van der Waals surface area (Å²) in [6.07, 6.45) is 0.994. The zero-order valence-electron chi connectivity index (χ0n) is 10.4. The highest BCUT2D eigenvalue weighted by molar-refractivity contribution is 7.09. The Morgan fingerprint density at radius 3 is 2.89 bits per heavy atom. The zero-order chi connectivity index (χ0) is 13.0. The van der Waals surface area contributed by atoms with Crippen LogP contribution in [0.3, 0.4) is 0 Å². The number of hydrogen-bond donors (Lipinski definition) is 0. The summed E-state index contributed by atoms with van der Waals surface area (Å²) in [5, 5.41) is 11.3. The highest BCUT2D eigenvalue weighted by Crippen LogP contribution is 2.32. The van der Waals surface area contributed by atoms with Gasteiger partial charge in [-0.1, -0.05) is 6.07 Å². The number of thiophene rings is 1. The fraction of sp³-hybridized carbons (Fsp3) is 0.538. The molecule has 0 bridgehead atoms. The first-order valence-electron chi connectivity index (χ1n) is 5.95. The van der Waals surface area contributed by atoms with Crippen molar-refractivity contribution in [2.24, 2.45) is 5.41 Å². The van der Waals surface area contributed by atoms with E-state index in [4.69, 9.17) is 4.74 Å². The van der Waals surface area contributed by atoms with E-state index in [-0.39, 0.29) is 5.91 Å². The van der Waals surface area contributed by atoms with Crippen LogP contribution in [0, 0.1) is 16.7 Å². The van der Waals surface area contributed by atoms with E-state index in [1.54, 1.807) is 23.3 Å². The SMILES string of the molecule is CN(Cc1cccs1)C(=O)C1(C#N)CCOCC1. The molecule has 1 fully saturated rings. The molecule has 0 aromatic carbocycles. The second-order valence-electron chi connectivity index (χ2n) is 4.55. The fourth-order valence-corrected chi connectivity index (χ4v) is 2.92. The highest BCUT2D eigenvalue weighted by Gasteiger charge is 2.42. The molecule has 1 aromatic heterocycles. The van der Waals surface area contributed by atoms with Crippen LogP contribution in [0.5, 0.6) is 0 Å². The topological polar surface area (TPSA) is 53.3 Å². The lowest BCUT2D eigenvalue weighted by atomic mass is 9.80. The van der Waals surface area contributed by atoms with Crippen molar-refractivity contribution in [3.63, 3.8) is 0 Å². The van der Waals surface area contributed by atoms with Crippen LogP contribution in [0.25, 0.3) is 0 Å². The number of carbonyl (C=O) groups excluding carboxylic acids is 1. The predicted molar refractivity (Wildman–Crippen MR) is 68.9 cm³/mol. The Labute approximate surface area is 111 Å². The molecule has 2 heterocycles. The van der Waals surface area contributed by atoms with Crippen LogP contribution in [-0.4, -0.2) is 31.1 Å². The summed E-state index contributed by atoms with van der Waals surface area (Å²) in [7, 11) is 1.76. The monoisotopic (exact) mass is 264 g/mol. The number of amides is 1. The van der Waals surface area contributed by atoms with Gasteiger partial charge in [0.05, 0.1) is 12.6 Å². The van der Waals surface area contributed by atoms with Crippen LogP contribution >= 0.6 is 11.3 Å². The van der Waals surface area contributed by atoms with Crippen molar-refractivity contribution in [3.05, 3.63) is 22.4 Å². The van der Waals surface area contributed by atoms with Gasteiger partial charge in [-0.25, -0.2) is 0 Å². The van der Waals surface area contributed by atoms with Crippen LogP contribution in [0.15, 0.2) is 17.5 Å². The molecule has 1 aliphatic heterocycles. The van der Waals surface area contributed by atoms with E-state index in [1.165, 1.54) is 0 Å². The third kappa shape index (κ3) is 2.55. The summed E-state index contributed by atoms with van der Waals surface area (Å²) in [5.41, 5.74) is -0.885. The van der Waals surface area contributed by atoms with E-state index in [9.17, 15) is 10.1 Å². The van der Waals surface area contributed by atoms with Crippen molar-refractivity contribution >= 4 is 17.2 Å². The molecule has 4 nitrogen and oxygen atoms in total. The number of rotatable bonds is 3. The maximum atomic E-state index is 12.4. The lowest BCUT2D eigenvalue weighted by Crippen LogP contribution is -2.44. The second-order valence-corrected chi connectivity index (χ2v) is 5.58. The van der Waals surface area contributed by atoms with E-state index in [0.29, 0.717) is 32.6 Å². The summed E-state index contributed by atoms with van der Waals surface area (Å²) in [6.45, 7) is 1.55. The average Bonchev–Trinajstić information content (AvgIpc) is 2.91. The van der Waals surface area contributed by atoms with Gasteiger partial charge in [-0.2, -0.15) is 5.26 Å². The molecule has 0 aliphatic carbocycles. The van der Waals surface area contributed by atoms with Crippen molar-refractivity contribution in [2.45, 2.75) is 19.4 Å². The molecule has 0 atom stereocenters. The Bertz CT molecular complexity index is 444.